The van der Waals surface area contributed by atoms with Crippen molar-refractivity contribution in [1.29, 1.82) is 0 Å². The molecule has 1 aromatic heterocycles. The van der Waals surface area contributed by atoms with Crippen LogP contribution >= 0.6 is 11.8 Å². The largest absolute Gasteiger partial charge is 0.411 e. The molecule has 16 heavy (non-hydrogen) atoms. The first-order chi connectivity index (χ1) is 7.79. The van der Waals surface area contributed by atoms with Crippen LogP contribution in [0.15, 0.2) is 10.3 Å². The van der Waals surface area contributed by atoms with E-state index in [-0.39, 0.29) is 5.25 Å². The van der Waals surface area contributed by atoms with E-state index in [1.165, 1.54) is 6.42 Å². The van der Waals surface area contributed by atoms with E-state index in [0.29, 0.717) is 11.8 Å². The third-order valence-corrected chi connectivity index (χ3v) is 4.98. The molecule has 7 heteroatoms. The van der Waals surface area contributed by atoms with Gasteiger partial charge in [0.25, 0.3) is 0 Å². The Hall–Kier alpha value is -1.11. The molecule has 2 fully saturated rings. The molecule has 2 aliphatic carbocycles. The van der Waals surface area contributed by atoms with Crippen LogP contribution < -0.4 is 0 Å². The summed E-state index contributed by atoms with van der Waals surface area (Å²) in [5.74, 6) is 1.10. The highest BCUT2D eigenvalue weighted by Gasteiger charge is 2.46. The monoisotopic (exact) mass is 239 g/mol. The summed E-state index contributed by atoms with van der Waals surface area (Å²) < 4.78 is 1.66. The third kappa shape index (κ3) is 1.41. The summed E-state index contributed by atoms with van der Waals surface area (Å²) in [5.41, 5.74) is 0.934. The van der Waals surface area contributed by atoms with Gasteiger partial charge in [0.15, 0.2) is 0 Å². The molecule has 0 unspecified atom stereocenters. The number of tetrazole rings is 1. The molecule has 0 saturated heterocycles. The first-order valence-electron chi connectivity index (χ1n) is 5.40. The van der Waals surface area contributed by atoms with Crippen molar-refractivity contribution in [2.75, 3.05) is 0 Å². The van der Waals surface area contributed by atoms with Crippen LogP contribution in [0.25, 0.3) is 0 Å². The van der Waals surface area contributed by atoms with Crippen LogP contribution in [0.5, 0.6) is 0 Å². The molecule has 0 aliphatic heterocycles. The summed E-state index contributed by atoms with van der Waals surface area (Å²) in [6.07, 6.45) is 3.55. The van der Waals surface area contributed by atoms with E-state index in [2.05, 4.69) is 20.7 Å². The Morgan fingerprint density at radius 3 is 3.06 bits per heavy atom. The van der Waals surface area contributed by atoms with Gasteiger partial charge in [0.2, 0.25) is 5.16 Å². The van der Waals surface area contributed by atoms with Crippen LogP contribution in [0.4, 0.5) is 0 Å². The molecule has 2 bridgehead atoms. The number of aromatic nitrogens is 4. The van der Waals surface area contributed by atoms with Crippen molar-refractivity contribution in [1.82, 2.24) is 20.2 Å². The van der Waals surface area contributed by atoms with E-state index < -0.39 is 0 Å². The molecule has 2 saturated carbocycles. The molecular formula is C9H13N5OS. The Labute approximate surface area is 97.1 Å². The number of fused-ring (bicyclic) bond motifs is 2. The van der Waals surface area contributed by atoms with Crippen molar-refractivity contribution >= 4 is 17.5 Å². The zero-order valence-electron chi connectivity index (χ0n) is 8.94. The highest BCUT2D eigenvalue weighted by atomic mass is 32.2. The smallest absolute Gasteiger partial charge is 0.209 e. The quantitative estimate of drug-likeness (QED) is 0.613. The SMILES string of the molecule is Cn1nnnc1S[C@H]1/C(=N/O)[C@H]2CC[C@@H]1C2. The second-order valence-corrected chi connectivity index (χ2v) is 5.53. The minimum atomic E-state index is 0.258. The van der Waals surface area contributed by atoms with Crippen LogP contribution in [-0.4, -0.2) is 36.4 Å². The molecule has 1 N–H and O–H groups in total. The summed E-state index contributed by atoms with van der Waals surface area (Å²) in [5, 5.41) is 25.0. The maximum atomic E-state index is 9.07. The van der Waals surface area contributed by atoms with Crippen LogP contribution in [0, 0.1) is 11.8 Å². The van der Waals surface area contributed by atoms with Gasteiger partial charge >= 0.3 is 0 Å². The van der Waals surface area contributed by atoms with Crippen molar-refractivity contribution in [3.63, 3.8) is 0 Å². The zero-order valence-corrected chi connectivity index (χ0v) is 9.76. The number of hydrogen-bond donors (Lipinski definition) is 1. The molecule has 0 radical (unpaired) electrons. The minimum Gasteiger partial charge on any atom is -0.411 e. The fourth-order valence-electron chi connectivity index (χ4n) is 2.76. The van der Waals surface area contributed by atoms with Crippen LogP contribution in [-0.2, 0) is 7.05 Å². The van der Waals surface area contributed by atoms with Gasteiger partial charge in [0.05, 0.1) is 11.0 Å². The van der Waals surface area contributed by atoms with E-state index in [9.17, 15) is 0 Å². The highest BCUT2D eigenvalue weighted by Crippen LogP contribution is 2.48. The van der Waals surface area contributed by atoms with Crippen LogP contribution in [0.3, 0.4) is 0 Å². The van der Waals surface area contributed by atoms with Gasteiger partial charge in [-0.05, 0) is 35.6 Å². The van der Waals surface area contributed by atoms with Crippen molar-refractivity contribution in [2.24, 2.45) is 24.0 Å². The third-order valence-electron chi connectivity index (χ3n) is 3.54. The molecule has 0 amide bonds. The Morgan fingerprint density at radius 1 is 1.50 bits per heavy atom. The Morgan fingerprint density at radius 2 is 2.38 bits per heavy atom. The molecule has 1 aromatic rings. The van der Waals surface area contributed by atoms with Crippen molar-refractivity contribution in [3.8, 4) is 0 Å². The fourth-order valence-corrected chi connectivity index (χ4v) is 4.06. The maximum Gasteiger partial charge on any atom is 0.209 e. The van der Waals surface area contributed by atoms with E-state index in [4.69, 9.17) is 5.21 Å². The number of aryl methyl sites for hydroxylation is 1. The first kappa shape index (κ1) is 10.1. The lowest BCUT2D eigenvalue weighted by Crippen LogP contribution is -2.25. The second-order valence-electron chi connectivity index (χ2n) is 4.42. The summed E-state index contributed by atoms with van der Waals surface area (Å²) in [6, 6.07) is 0. The van der Waals surface area contributed by atoms with Crippen LogP contribution in [0.2, 0.25) is 0 Å². The normalized spacial score (nSPS) is 35.1. The average molecular weight is 239 g/mol. The van der Waals surface area contributed by atoms with Gasteiger partial charge in [-0.2, -0.15) is 0 Å². The summed E-state index contributed by atoms with van der Waals surface area (Å²) >= 11 is 1.62. The number of oxime groups is 1. The van der Waals surface area contributed by atoms with E-state index in [1.54, 1.807) is 16.4 Å². The fraction of sp³-hybridized carbons (Fsp3) is 0.778. The molecule has 6 nitrogen and oxygen atoms in total. The summed E-state index contributed by atoms with van der Waals surface area (Å²) in [6.45, 7) is 0. The van der Waals surface area contributed by atoms with Crippen molar-refractivity contribution < 1.29 is 5.21 Å². The Kier molecular flexibility index (Phi) is 2.34. The minimum absolute atomic E-state index is 0.258. The van der Waals surface area contributed by atoms with Crippen molar-refractivity contribution in [3.05, 3.63) is 0 Å². The van der Waals surface area contributed by atoms with E-state index in [1.807, 2.05) is 7.05 Å². The van der Waals surface area contributed by atoms with Gasteiger partial charge in [-0.1, -0.05) is 16.9 Å². The zero-order chi connectivity index (χ0) is 11.1. The van der Waals surface area contributed by atoms with E-state index in [0.717, 1.165) is 23.7 Å². The summed E-state index contributed by atoms with van der Waals surface area (Å²) in [7, 11) is 1.82. The highest BCUT2D eigenvalue weighted by molar-refractivity contribution is 8.00. The molecule has 0 aromatic carbocycles. The Bertz CT molecular complexity index is 431. The van der Waals surface area contributed by atoms with E-state index >= 15 is 0 Å². The van der Waals surface area contributed by atoms with Crippen molar-refractivity contribution in [2.45, 2.75) is 29.7 Å². The second kappa shape index (κ2) is 3.73. The molecule has 2 aliphatic rings. The van der Waals surface area contributed by atoms with Gasteiger partial charge in [0.1, 0.15) is 0 Å². The van der Waals surface area contributed by atoms with Gasteiger partial charge in [-0.25, -0.2) is 4.68 Å². The standard InChI is InChI=1S/C9H13N5OS/c1-14-9(10-12-13-14)16-8-6-3-2-5(4-6)7(8)11-15/h5-6,8,15H,2-4H2,1H3/b11-7+/t5-,6+,8+/m0/s1. The van der Waals surface area contributed by atoms with Gasteiger partial charge in [-0.3, -0.25) is 0 Å². The van der Waals surface area contributed by atoms with Gasteiger partial charge < -0.3 is 5.21 Å². The molecule has 86 valence electrons. The molecular weight excluding hydrogens is 226 g/mol. The first-order valence-corrected chi connectivity index (χ1v) is 6.28. The predicted molar refractivity (Wildman–Crippen MR) is 58.5 cm³/mol. The average Bonchev–Trinajstić information content (AvgIpc) is 2.95. The van der Waals surface area contributed by atoms with Gasteiger partial charge in [-0.15, -0.1) is 5.10 Å². The number of hydrogen-bond acceptors (Lipinski definition) is 6. The number of thioether (sulfide) groups is 1. The lowest BCUT2D eigenvalue weighted by atomic mass is 9.98. The molecule has 3 atom stereocenters. The molecule has 3 rings (SSSR count). The van der Waals surface area contributed by atoms with Gasteiger partial charge in [0, 0.05) is 13.0 Å². The maximum absolute atomic E-state index is 9.07. The van der Waals surface area contributed by atoms with Crippen LogP contribution in [0.1, 0.15) is 19.3 Å². The molecule has 1 heterocycles. The molecule has 0 spiro atoms. The summed E-state index contributed by atoms with van der Waals surface area (Å²) in [4.78, 5) is 0. The topological polar surface area (TPSA) is 76.2 Å². The lowest BCUT2D eigenvalue weighted by Gasteiger charge is -2.20. The lowest BCUT2D eigenvalue weighted by molar-refractivity contribution is 0.314. The predicted octanol–water partition coefficient (Wildman–Crippen LogP) is 0.931. The Balaban J connectivity index is 1.83. The number of nitrogens with zero attached hydrogens (tertiary/aromatic N) is 5. The number of rotatable bonds is 2.